The first-order valence-electron chi connectivity index (χ1n) is 7.04. The number of fused-ring (bicyclic) bond motifs is 2. The SMILES string of the molecule is Cc1ccnc2c1nc(N)n2CC1Cc2ccccc2O1. The fourth-order valence-electron chi connectivity index (χ4n) is 2.89. The molecular weight excluding hydrogens is 264 g/mol. The Hall–Kier alpha value is -2.56. The van der Waals surface area contributed by atoms with Gasteiger partial charge in [0.1, 0.15) is 17.4 Å². The third-order valence-electron chi connectivity index (χ3n) is 3.97. The van der Waals surface area contributed by atoms with Gasteiger partial charge in [0.15, 0.2) is 5.65 Å². The van der Waals surface area contributed by atoms with E-state index in [1.807, 2.05) is 35.8 Å². The predicted octanol–water partition coefficient (Wildman–Crippen LogP) is 2.33. The third kappa shape index (κ3) is 1.93. The second-order valence-corrected chi connectivity index (χ2v) is 5.43. The van der Waals surface area contributed by atoms with Crippen molar-refractivity contribution in [1.29, 1.82) is 0 Å². The summed E-state index contributed by atoms with van der Waals surface area (Å²) in [6.07, 6.45) is 2.75. The Morgan fingerprint density at radius 1 is 1.33 bits per heavy atom. The molecule has 0 fully saturated rings. The van der Waals surface area contributed by atoms with Gasteiger partial charge < -0.3 is 10.5 Å². The quantitative estimate of drug-likeness (QED) is 0.782. The number of hydrogen-bond acceptors (Lipinski definition) is 4. The summed E-state index contributed by atoms with van der Waals surface area (Å²) in [5.74, 6) is 1.46. The smallest absolute Gasteiger partial charge is 0.202 e. The lowest BCUT2D eigenvalue weighted by molar-refractivity contribution is 0.211. The van der Waals surface area contributed by atoms with Gasteiger partial charge in [0.2, 0.25) is 5.95 Å². The Balaban J connectivity index is 1.67. The molecule has 5 heteroatoms. The molecule has 1 aromatic carbocycles. The maximum Gasteiger partial charge on any atom is 0.202 e. The summed E-state index contributed by atoms with van der Waals surface area (Å²) in [5, 5.41) is 0. The summed E-state index contributed by atoms with van der Waals surface area (Å²) in [7, 11) is 0. The van der Waals surface area contributed by atoms with Crippen molar-refractivity contribution in [2.75, 3.05) is 5.73 Å². The molecule has 0 saturated heterocycles. The molecule has 0 saturated carbocycles. The number of anilines is 1. The molecule has 0 spiro atoms. The number of benzene rings is 1. The van der Waals surface area contributed by atoms with Crippen LogP contribution in [0.25, 0.3) is 11.2 Å². The molecule has 0 aliphatic carbocycles. The van der Waals surface area contributed by atoms with Crippen LogP contribution in [-0.4, -0.2) is 20.6 Å². The highest BCUT2D eigenvalue weighted by atomic mass is 16.5. The zero-order valence-corrected chi connectivity index (χ0v) is 11.8. The van der Waals surface area contributed by atoms with Gasteiger partial charge >= 0.3 is 0 Å². The number of aryl methyl sites for hydroxylation is 1. The molecule has 1 atom stereocenters. The van der Waals surface area contributed by atoms with Crippen molar-refractivity contribution < 1.29 is 4.74 Å². The van der Waals surface area contributed by atoms with Crippen LogP contribution in [0.1, 0.15) is 11.1 Å². The predicted molar refractivity (Wildman–Crippen MR) is 81.2 cm³/mol. The third-order valence-corrected chi connectivity index (χ3v) is 3.97. The zero-order valence-electron chi connectivity index (χ0n) is 11.8. The number of aromatic nitrogens is 3. The molecule has 2 N–H and O–H groups in total. The number of nitrogens with two attached hydrogens (primary N) is 1. The molecule has 3 aromatic rings. The monoisotopic (exact) mass is 280 g/mol. The van der Waals surface area contributed by atoms with Gasteiger partial charge in [-0.05, 0) is 30.2 Å². The van der Waals surface area contributed by atoms with Gasteiger partial charge in [-0.2, -0.15) is 0 Å². The number of pyridine rings is 1. The summed E-state index contributed by atoms with van der Waals surface area (Å²) >= 11 is 0. The highest BCUT2D eigenvalue weighted by Crippen LogP contribution is 2.30. The van der Waals surface area contributed by atoms with Crippen LogP contribution in [0.3, 0.4) is 0 Å². The molecule has 1 aliphatic heterocycles. The fraction of sp³-hybridized carbons (Fsp3) is 0.250. The standard InChI is InChI=1S/C16H16N4O/c1-10-6-7-18-15-14(10)19-16(17)20(15)9-12-8-11-4-2-3-5-13(11)21-12/h2-7,12H,8-9H2,1H3,(H2,17,19). The van der Waals surface area contributed by atoms with Crippen molar-refractivity contribution in [3.8, 4) is 5.75 Å². The number of ether oxygens (including phenoxy) is 1. The largest absolute Gasteiger partial charge is 0.488 e. The van der Waals surface area contributed by atoms with Crippen molar-refractivity contribution in [2.45, 2.75) is 26.0 Å². The average molecular weight is 280 g/mol. The molecule has 0 radical (unpaired) electrons. The summed E-state index contributed by atoms with van der Waals surface area (Å²) in [4.78, 5) is 8.85. The van der Waals surface area contributed by atoms with Gasteiger partial charge in [-0.1, -0.05) is 18.2 Å². The minimum Gasteiger partial charge on any atom is -0.488 e. The van der Waals surface area contributed by atoms with Crippen molar-refractivity contribution in [3.05, 3.63) is 47.7 Å². The van der Waals surface area contributed by atoms with Gasteiger partial charge in [0.05, 0.1) is 6.54 Å². The van der Waals surface area contributed by atoms with E-state index in [1.54, 1.807) is 6.20 Å². The minimum absolute atomic E-state index is 0.0735. The van der Waals surface area contributed by atoms with Gasteiger partial charge in [-0.3, -0.25) is 4.57 Å². The molecule has 2 aromatic heterocycles. The van der Waals surface area contributed by atoms with E-state index in [4.69, 9.17) is 10.5 Å². The van der Waals surface area contributed by atoms with E-state index in [-0.39, 0.29) is 6.10 Å². The normalized spacial score (nSPS) is 16.9. The highest BCUT2D eigenvalue weighted by molar-refractivity contribution is 5.77. The van der Waals surface area contributed by atoms with Crippen LogP contribution >= 0.6 is 0 Å². The van der Waals surface area contributed by atoms with E-state index in [2.05, 4.69) is 16.0 Å². The van der Waals surface area contributed by atoms with Crippen LogP contribution < -0.4 is 10.5 Å². The molecule has 1 aliphatic rings. The number of nitrogens with zero attached hydrogens (tertiary/aromatic N) is 3. The Kier molecular flexibility index (Phi) is 2.60. The summed E-state index contributed by atoms with van der Waals surface area (Å²) < 4.78 is 7.93. The van der Waals surface area contributed by atoms with E-state index in [0.717, 1.165) is 28.9 Å². The van der Waals surface area contributed by atoms with Crippen LogP contribution in [0, 0.1) is 6.92 Å². The molecule has 0 bridgehead atoms. The van der Waals surface area contributed by atoms with E-state index >= 15 is 0 Å². The molecular formula is C16H16N4O. The highest BCUT2D eigenvalue weighted by Gasteiger charge is 2.24. The number of rotatable bonds is 2. The van der Waals surface area contributed by atoms with Crippen LogP contribution in [0.15, 0.2) is 36.5 Å². The second kappa shape index (κ2) is 4.48. The Bertz CT molecular complexity index is 799. The summed E-state index contributed by atoms with van der Waals surface area (Å²) in [6.45, 7) is 2.68. The van der Waals surface area contributed by atoms with Crippen LogP contribution in [0.2, 0.25) is 0 Å². The molecule has 1 unspecified atom stereocenters. The maximum atomic E-state index is 6.06. The van der Waals surface area contributed by atoms with Crippen molar-refractivity contribution in [1.82, 2.24) is 14.5 Å². The first-order valence-corrected chi connectivity index (χ1v) is 7.04. The maximum absolute atomic E-state index is 6.06. The Labute approximate surface area is 122 Å². The molecule has 5 nitrogen and oxygen atoms in total. The number of hydrogen-bond donors (Lipinski definition) is 1. The van der Waals surface area contributed by atoms with Gasteiger partial charge in [0.25, 0.3) is 0 Å². The Morgan fingerprint density at radius 2 is 2.19 bits per heavy atom. The minimum atomic E-state index is 0.0735. The Morgan fingerprint density at radius 3 is 3.05 bits per heavy atom. The lowest BCUT2D eigenvalue weighted by atomic mass is 10.1. The lowest BCUT2D eigenvalue weighted by Gasteiger charge is -2.13. The van der Waals surface area contributed by atoms with Crippen LogP contribution in [0.5, 0.6) is 5.75 Å². The molecule has 3 heterocycles. The van der Waals surface area contributed by atoms with Crippen molar-refractivity contribution in [3.63, 3.8) is 0 Å². The number of imidazole rings is 1. The van der Waals surface area contributed by atoms with Crippen LogP contribution in [-0.2, 0) is 13.0 Å². The molecule has 21 heavy (non-hydrogen) atoms. The first-order chi connectivity index (χ1) is 10.2. The van der Waals surface area contributed by atoms with Gasteiger partial charge in [-0.15, -0.1) is 0 Å². The number of nitrogen functional groups attached to an aromatic ring is 1. The summed E-state index contributed by atoms with van der Waals surface area (Å²) in [5.41, 5.74) is 10.1. The zero-order chi connectivity index (χ0) is 14.4. The average Bonchev–Trinajstić information content (AvgIpc) is 3.02. The summed E-state index contributed by atoms with van der Waals surface area (Å²) in [6, 6.07) is 10.1. The second-order valence-electron chi connectivity index (χ2n) is 5.43. The van der Waals surface area contributed by atoms with Crippen LogP contribution in [0.4, 0.5) is 5.95 Å². The van der Waals surface area contributed by atoms with E-state index in [0.29, 0.717) is 12.5 Å². The lowest BCUT2D eigenvalue weighted by Crippen LogP contribution is -2.22. The molecule has 106 valence electrons. The molecule has 0 amide bonds. The van der Waals surface area contributed by atoms with E-state index in [1.165, 1.54) is 5.56 Å². The van der Waals surface area contributed by atoms with Gasteiger partial charge in [-0.25, -0.2) is 9.97 Å². The topological polar surface area (TPSA) is 66.0 Å². The van der Waals surface area contributed by atoms with Crippen molar-refractivity contribution in [2.24, 2.45) is 0 Å². The van der Waals surface area contributed by atoms with E-state index < -0.39 is 0 Å². The number of para-hydroxylation sites is 1. The van der Waals surface area contributed by atoms with Crippen molar-refractivity contribution >= 4 is 17.1 Å². The van der Waals surface area contributed by atoms with Gasteiger partial charge in [0, 0.05) is 12.6 Å². The first kappa shape index (κ1) is 12.2. The van der Waals surface area contributed by atoms with E-state index in [9.17, 15) is 0 Å². The fourth-order valence-corrected chi connectivity index (χ4v) is 2.89. The molecule has 4 rings (SSSR count).